The molecular weight excluding hydrogens is 245 g/mol. The molecule has 0 aliphatic rings. The number of hydrogen-bond donors (Lipinski definition) is 0. The Hall–Kier alpha value is -1.42. The number of benzene rings is 2. The molecule has 2 aromatic carbocycles. The van der Waals surface area contributed by atoms with Crippen molar-refractivity contribution in [3.05, 3.63) is 65.5 Å². The molecule has 1 radical (unpaired) electrons. The minimum absolute atomic E-state index is 0.240. The Kier molecular flexibility index (Phi) is 3.74. The molecule has 0 unspecified atom stereocenters. The van der Waals surface area contributed by atoms with E-state index in [9.17, 15) is 13.2 Å². The van der Waals surface area contributed by atoms with E-state index in [0.717, 1.165) is 18.2 Å². The first-order chi connectivity index (χ1) is 8.15. The van der Waals surface area contributed by atoms with Gasteiger partial charge in [0.05, 0.1) is 0 Å². The molecule has 0 N–H and O–H groups in total. The number of rotatable bonds is 3. The molecule has 0 nitrogen and oxygen atoms in total. The minimum Gasteiger partial charge on any atom is -0.207 e. The van der Waals surface area contributed by atoms with Crippen LogP contribution in [0.1, 0.15) is 5.56 Å². The fourth-order valence-corrected chi connectivity index (χ4v) is 2.19. The Labute approximate surface area is 101 Å². The highest BCUT2D eigenvalue weighted by Crippen LogP contribution is 2.24. The fourth-order valence-electron chi connectivity index (χ4n) is 1.31. The summed E-state index contributed by atoms with van der Waals surface area (Å²) in [6.07, 6.45) is 0. The van der Waals surface area contributed by atoms with Crippen LogP contribution in [-0.2, 0) is 5.75 Å². The monoisotopic (exact) mass is 253 g/mol. The number of thioether (sulfide) groups is 1. The number of hydrogen-bond acceptors (Lipinski definition) is 1. The molecule has 0 heterocycles. The Morgan fingerprint density at radius 3 is 2.53 bits per heavy atom. The fraction of sp³-hybridized carbons (Fsp3) is 0.0769. The summed E-state index contributed by atoms with van der Waals surface area (Å²) in [7, 11) is 0. The molecule has 0 saturated carbocycles. The van der Waals surface area contributed by atoms with Crippen molar-refractivity contribution in [3.8, 4) is 0 Å². The van der Waals surface area contributed by atoms with Gasteiger partial charge in [-0.25, -0.2) is 13.2 Å². The van der Waals surface area contributed by atoms with E-state index in [1.165, 1.54) is 30.0 Å². The first kappa shape index (κ1) is 12.0. The predicted molar refractivity (Wildman–Crippen MR) is 61.2 cm³/mol. The lowest BCUT2D eigenvalue weighted by Gasteiger charge is -2.03. The summed E-state index contributed by atoms with van der Waals surface area (Å²) in [4.78, 5) is 0.564. The average Bonchev–Trinajstić information content (AvgIpc) is 2.30. The highest BCUT2D eigenvalue weighted by atomic mass is 32.2. The maximum Gasteiger partial charge on any atom is 0.127 e. The third-order valence-electron chi connectivity index (χ3n) is 2.13. The molecule has 87 valence electrons. The van der Waals surface area contributed by atoms with Gasteiger partial charge in [-0.2, -0.15) is 0 Å². The minimum atomic E-state index is -0.481. The lowest BCUT2D eigenvalue weighted by molar-refractivity contribution is 0.591. The van der Waals surface area contributed by atoms with E-state index < -0.39 is 11.6 Å². The van der Waals surface area contributed by atoms with Crippen LogP contribution >= 0.6 is 11.8 Å². The van der Waals surface area contributed by atoms with E-state index in [-0.39, 0.29) is 17.1 Å². The largest absolute Gasteiger partial charge is 0.207 e. The first-order valence-corrected chi connectivity index (χ1v) is 5.87. The molecule has 0 amide bonds. The van der Waals surface area contributed by atoms with Gasteiger partial charge in [-0.1, -0.05) is 6.07 Å². The lowest BCUT2D eigenvalue weighted by Crippen LogP contribution is -1.89. The predicted octanol–water partition coefficient (Wildman–Crippen LogP) is 4.20. The van der Waals surface area contributed by atoms with Crippen LogP contribution in [0.5, 0.6) is 0 Å². The summed E-state index contributed by atoms with van der Waals surface area (Å²) in [5.41, 5.74) is 0.257. The highest BCUT2D eigenvalue weighted by molar-refractivity contribution is 7.98. The van der Waals surface area contributed by atoms with Crippen molar-refractivity contribution in [2.24, 2.45) is 0 Å². The Bertz CT molecular complexity index is 526. The molecule has 0 bridgehead atoms. The quantitative estimate of drug-likeness (QED) is 0.739. The van der Waals surface area contributed by atoms with Gasteiger partial charge >= 0.3 is 0 Å². The lowest BCUT2D eigenvalue weighted by atomic mass is 10.2. The van der Waals surface area contributed by atoms with Crippen molar-refractivity contribution in [1.82, 2.24) is 0 Å². The van der Waals surface area contributed by atoms with E-state index in [4.69, 9.17) is 0 Å². The third-order valence-corrected chi connectivity index (χ3v) is 3.13. The zero-order valence-electron chi connectivity index (χ0n) is 8.71. The number of halogens is 3. The molecule has 4 heteroatoms. The van der Waals surface area contributed by atoms with Gasteiger partial charge in [0.2, 0.25) is 0 Å². The molecule has 17 heavy (non-hydrogen) atoms. The second kappa shape index (κ2) is 5.27. The van der Waals surface area contributed by atoms with Crippen LogP contribution in [0.4, 0.5) is 13.2 Å². The molecule has 0 aromatic heterocycles. The van der Waals surface area contributed by atoms with Gasteiger partial charge in [-0.05, 0) is 36.4 Å². The second-order valence-electron chi connectivity index (χ2n) is 3.40. The van der Waals surface area contributed by atoms with E-state index >= 15 is 0 Å². The van der Waals surface area contributed by atoms with Crippen LogP contribution in [0.15, 0.2) is 41.3 Å². The van der Waals surface area contributed by atoms with E-state index in [0.29, 0.717) is 4.90 Å². The normalized spacial score (nSPS) is 10.5. The molecule has 0 aliphatic heterocycles. The van der Waals surface area contributed by atoms with Crippen LogP contribution in [0.3, 0.4) is 0 Å². The van der Waals surface area contributed by atoms with Gasteiger partial charge in [0.25, 0.3) is 0 Å². The molecule has 2 aromatic rings. The molecule has 0 aliphatic carbocycles. The Balaban J connectivity index is 2.09. The van der Waals surface area contributed by atoms with Crippen molar-refractivity contribution in [1.29, 1.82) is 0 Å². The third kappa shape index (κ3) is 3.27. The summed E-state index contributed by atoms with van der Waals surface area (Å²) in [5, 5.41) is 0. The van der Waals surface area contributed by atoms with Gasteiger partial charge in [-0.15, -0.1) is 11.8 Å². The molecule has 0 atom stereocenters. The van der Waals surface area contributed by atoms with Gasteiger partial charge in [0.1, 0.15) is 17.5 Å². The van der Waals surface area contributed by atoms with Crippen molar-refractivity contribution < 1.29 is 13.2 Å². The topological polar surface area (TPSA) is 0 Å². The Morgan fingerprint density at radius 2 is 1.76 bits per heavy atom. The van der Waals surface area contributed by atoms with E-state index in [2.05, 4.69) is 6.07 Å². The van der Waals surface area contributed by atoms with Crippen molar-refractivity contribution in [2.75, 3.05) is 0 Å². The van der Waals surface area contributed by atoms with E-state index in [1.54, 1.807) is 0 Å². The zero-order chi connectivity index (χ0) is 12.3. The zero-order valence-corrected chi connectivity index (χ0v) is 9.53. The summed E-state index contributed by atoms with van der Waals surface area (Å²) >= 11 is 1.21. The standard InChI is InChI=1S/C13H8F3S/c14-10-2-1-3-12(7-10)17-8-9-6-11(15)4-5-13(9)16/h1-2,4-7H,8H2. The molecule has 0 saturated heterocycles. The average molecular weight is 253 g/mol. The molecule has 0 spiro atoms. The van der Waals surface area contributed by atoms with Crippen LogP contribution in [-0.4, -0.2) is 0 Å². The summed E-state index contributed by atoms with van der Waals surface area (Å²) < 4.78 is 39.0. The van der Waals surface area contributed by atoms with Crippen LogP contribution in [0.2, 0.25) is 0 Å². The second-order valence-corrected chi connectivity index (χ2v) is 4.41. The maximum absolute atomic E-state index is 13.3. The van der Waals surface area contributed by atoms with Crippen LogP contribution in [0.25, 0.3) is 0 Å². The summed E-state index contributed by atoms with van der Waals surface area (Å²) in [5.74, 6) is -1.07. The van der Waals surface area contributed by atoms with Crippen LogP contribution in [0, 0.1) is 23.5 Å². The summed E-state index contributed by atoms with van der Waals surface area (Å²) in [6.45, 7) is 0. The first-order valence-electron chi connectivity index (χ1n) is 4.89. The molecule has 2 rings (SSSR count). The Morgan fingerprint density at radius 1 is 1.00 bits per heavy atom. The van der Waals surface area contributed by atoms with Crippen molar-refractivity contribution >= 4 is 11.8 Å². The smallest absolute Gasteiger partial charge is 0.127 e. The van der Waals surface area contributed by atoms with Crippen molar-refractivity contribution in [2.45, 2.75) is 10.6 Å². The molecular formula is C13H8F3S. The summed E-state index contributed by atoms with van der Waals surface area (Å²) in [6, 6.07) is 10.2. The van der Waals surface area contributed by atoms with Crippen LogP contribution < -0.4 is 0 Å². The van der Waals surface area contributed by atoms with Crippen molar-refractivity contribution in [3.63, 3.8) is 0 Å². The van der Waals surface area contributed by atoms with Gasteiger partial charge in [0, 0.05) is 16.2 Å². The van der Waals surface area contributed by atoms with Gasteiger partial charge in [0.15, 0.2) is 0 Å². The SMILES string of the molecule is Fc1cc[c]c(SCc2cc(F)ccc2F)c1. The molecule has 0 fully saturated rings. The van der Waals surface area contributed by atoms with E-state index in [1.807, 2.05) is 0 Å². The van der Waals surface area contributed by atoms with Gasteiger partial charge in [-0.3, -0.25) is 0 Å². The van der Waals surface area contributed by atoms with Gasteiger partial charge < -0.3 is 0 Å². The highest BCUT2D eigenvalue weighted by Gasteiger charge is 2.05. The maximum atomic E-state index is 13.3.